The highest BCUT2D eigenvalue weighted by atomic mass is 32.2. The summed E-state index contributed by atoms with van der Waals surface area (Å²) in [6.45, 7) is 0.566. The van der Waals surface area contributed by atoms with E-state index in [1.165, 1.54) is 27.8 Å². The zero-order chi connectivity index (χ0) is 23.5. The molecule has 0 bridgehead atoms. The first kappa shape index (κ1) is 21.9. The maximum Gasteiger partial charge on any atom is 0.293 e. The van der Waals surface area contributed by atoms with Gasteiger partial charge in [-0.25, -0.2) is 4.39 Å². The summed E-state index contributed by atoms with van der Waals surface area (Å²) in [5.41, 5.74) is 2.57. The fraction of sp³-hybridized carbons (Fsp3) is 0.0714. The molecule has 0 radical (unpaired) electrons. The Balaban J connectivity index is 1.23. The minimum Gasteiger partial charge on any atom is -0.489 e. The lowest BCUT2D eigenvalue weighted by atomic mass is 10.1. The van der Waals surface area contributed by atoms with E-state index in [0.29, 0.717) is 17.1 Å². The van der Waals surface area contributed by atoms with Crippen molar-refractivity contribution in [1.82, 2.24) is 4.90 Å². The lowest BCUT2D eigenvalue weighted by Crippen LogP contribution is -2.27. The van der Waals surface area contributed by atoms with E-state index >= 15 is 0 Å². The molecule has 0 unspecified atom stereocenters. The molecule has 5 rings (SSSR count). The Morgan fingerprint density at radius 1 is 0.824 bits per heavy atom. The molecule has 1 aliphatic rings. The normalized spacial score (nSPS) is 14.9. The van der Waals surface area contributed by atoms with Gasteiger partial charge in [0.1, 0.15) is 18.2 Å². The van der Waals surface area contributed by atoms with Crippen LogP contribution >= 0.6 is 11.8 Å². The molecular weight excluding hydrogens is 449 g/mol. The van der Waals surface area contributed by atoms with E-state index in [4.69, 9.17) is 4.74 Å². The summed E-state index contributed by atoms with van der Waals surface area (Å²) in [7, 11) is 0. The van der Waals surface area contributed by atoms with Crippen molar-refractivity contribution in [2.24, 2.45) is 0 Å². The Morgan fingerprint density at radius 2 is 1.53 bits per heavy atom. The second-order valence-electron chi connectivity index (χ2n) is 7.93. The Bertz CT molecular complexity index is 1400. The smallest absolute Gasteiger partial charge is 0.293 e. The molecule has 0 saturated carbocycles. The molecule has 4 aromatic rings. The van der Waals surface area contributed by atoms with E-state index in [0.717, 1.165) is 28.6 Å². The van der Waals surface area contributed by atoms with Gasteiger partial charge in [0.25, 0.3) is 11.1 Å². The number of nitrogens with zero attached hydrogens (tertiary/aromatic N) is 1. The third-order valence-corrected chi connectivity index (χ3v) is 6.43. The standard InChI is InChI=1S/C28H20FNO3S/c29-24-11-6-20(7-12-24)17-30-27(31)26(34-28(30)32)16-19-8-13-25(14-9-19)33-18-21-5-10-22-3-1-2-4-23(22)15-21/h1-16H,17-18H2/b26-16-. The number of fused-ring (bicyclic) bond motifs is 1. The molecule has 0 aliphatic carbocycles. The van der Waals surface area contributed by atoms with Crippen LogP contribution in [0.25, 0.3) is 16.8 Å². The number of carbonyl (C=O) groups excluding carboxylic acids is 2. The third-order valence-electron chi connectivity index (χ3n) is 5.52. The van der Waals surface area contributed by atoms with E-state index in [9.17, 15) is 14.0 Å². The molecule has 34 heavy (non-hydrogen) atoms. The van der Waals surface area contributed by atoms with Gasteiger partial charge < -0.3 is 4.74 Å². The van der Waals surface area contributed by atoms with Gasteiger partial charge in [-0.3, -0.25) is 14.5 Å². The molecule has 6 heteroatoms. The number of imide groups is 1. The highest BCUT2D eigenvalue weighted by molar-refractivity contribution is 8.18. The predicted molar refractivity (Wildman–Crippen MR) is 133 cm³/mol. The van der Waals surface area contributed by atoms with Crippen molar-refractivity contribution in [3.8, 4) is 5.75 Å². The summed E-state index contributed by atoms with van der Waals surface area (Å²) >= 11 is 0.905. The van der Waals surface area contributed by atoms with E-state index in [1.807, 2.05) is 36.4 Å². The number of rotatable bonds is 6. The summed E-state index contributed by atoms with van der Waals surface area (Å²) in [6.07, 6.45) is 1.70. The second-order valence-corrected chi connectivity index (χ2v) is 8.93. The molecule has 1 saturated heterocycles. The minimum absolute atomic E-state index is 0.115. The fourth-order valence-electron chi connectivity index (χ4n) is 3.72. The molecule has 1 fully saturated rings. The van der Waals surface area contributed by atoms with Gasteiger partial charge in [0, 0.05) is 0 Å². The van der Waals surface area contributed by atoms with Crippen LogP contribution in [0, 0.1) is 5.82 Å². The largest absolute Gasteiger partial charge is 0.489 e. The molecule has 2 amide bonds. The summed E-state index contributed by atoms with van der Waals surface area (Å²) in [5.74, 6) is 0.00755. The molecule has 168 valence electrons. The van der Waals surface area contributed by atoms with Crippen LogP contribution in [0.3, 0.4) is 0 Å². The lowest BCUT2D eigenvalue weighted by molar-refractivity contribution is -0.123. The van der Waals surface area contributed by atoms with Crippen molar-refractivity contribution in [3.05, 3.63) is 118 Å². The molecular formula is C28H20FNO3S. The molecule has 1 aliphatic heterocycles. The molecule has 4 aromatic carbocycles. The third kappa shape index (κ3) is 4.87. The van der Waals surface area contributed by atoms with Crippen molar-refractivity contribution in [1.29, 1.82) is 0 Å². The zero-order valence-corrected chi connectivity index (χ0v) is 18.9. The highest BCUT2D eigenvalue weighted by Crippen LogP contribution is 2.33. The summed E-state index contributed by atoms with van der Waals surface area (Å²) in [5, 5.41) is 2.03. The first-order valence-electron chi connectivity index (χ1n) is 10.8. The van der Waals surface area contributed by atoms with Gasteiger partial charge in [0.05, 0.1) is 11.4 Å². The van der Waals surface area contributed by atoms with Crippen molar-refractivity contribution in [3.63, 3.8) is 0 Å². The van der Waals surface area contributed by atoms with Crippen LogP contribution < -0.4 is 4.74 Å². The van der Waals surface area contributed by atoms with Gasteiger partial charge in [-0.15, -0.1) is 0 Å². The van der Waals surface area contributed by atoms with Gasteiger partial charge in [-0.1, -0.05) is 60.7 Å². The first-order chi connectivity index (χ1) is 16.5. The summed E-state index contributed by atoms with van der Waals surface area (Å²) in [4.78, 5) is 26.6. The van der Waals surface area contributed by atoms with Crippen LogP contribution in [0.5, 0.6) is 5.75 Å². The van der Waals surface area contributed by atoms with Gasteiger partial charge in [-0.2, -0.15) is 0 Å². The number of carbonyl (C=O) groups is 2. The van der Waals surface area contributed by atoms with Crippen molar-refractivity contribution < 1.29 is 18.7 Å². The maximum atomic E-state index is 13.1. The number of amides is 2. The second kappa shape index (κ2) is 9.53. The Hall–Kier alpha value is -3.90. The van der Waals surface area contributed by atoms with Gasteiger partial charge in [0.15, 0.2) is 0 Å². The quantitative estimate of drug-likeness (QED) is 0.292. The number of hydrogen-bond donors (Lipinski definition) is 0. The Morgan fingerprint density at radius 3 is 2.29 bits per heavy atom. The molecule has 0 N–H and O–H groups in total. The van der Waals surface area contributed by atoms with Crippen LogP contribution in [0.4, 0.5) is 9.18 Å². The topological polar surface area (TPSA) is 46.6 Å². The summed E-state index contributed by atoms with van der Waals surface area (Å²) < 4.78 is 19.0. The highest BCUT2D eigenvalue weighted by Gasteiger charge is 2.34. The molecule has 0 atom stereocenters. The lowest BCUT2D eigenvalue weighted by Gasteiger charge is -2.12. The van der Waals surface area contributed by atoms with Gasteiger partial charge >= 0.3 is 0 Å². The van der Waals surface area contributed by atoms with E-state index in [2.05, 4.69) is 30.3 Å². The number of ether oxygens (including phenoxy) is 1. The Kier molecular flexibility index (Phi) is 6.14. The van der Waals surface area contributed by atoms with E-state index in [-0.39, 0.29) is 23.5 Å². The van der Waals surface area contributed by atoms with Crippen LogP contribution in [0.2, 0.25) is 0 Å². The van der Waals surface area contributed by atoms with E-state index in [1.54, 1.807) is 18.2 Å². The monoisotopic (exact) mass is 469 g/mol. The van der Waals surface area contributed by atoms with Gasteiger partial charge in [0.2, 0.25) is 0 Å². The van der Waals surface area contributed by atoms with Crippen molar-refractivity contribution in [2.45, 2.75) is 13.2 Å². The molecule has 1 heterocycles. The summed E-state index contributed by atoms with van der Waals surface area (Å²) in [6, 6.07) is 27.6. The number of hydrogen-bond acceptors (Lipinski definition) is 4. The maximum absolute atomic E-state index is 13.1. The predicted octanol–water partition coefficient (Wildman–Crippen LogP) is 6.79. The minimum atomic E-state index is -0.359. The van der Waals surface area contributed by atoms with Gasteiger partial charge in [-0.05, 0) is 75.6 Å². The molecule has 0 spiro atoms. The van der Waals surface area contributed by atoms with Crippen LogP contribution in [-0.2, 0) is 17.9 Å². The van der Waals surface area contributed by atoms with E-state index < -0.39 is 0 Å². The van der Waals surface area contributed by atoms with Crippen molar-refractivity contribution in [2.75, 3.05) is 0 Å². The molecule has 0 aromatic heterocycles. The fourth-order valence-corrected chi connectivity index (χ4v) is 4.55. The molecule has 4 nitrogen and oxygen atoms in total. The van der Waals surface area contributed by atoms with Crippen LogP contribution in [0.1, 0.15) is 16.7 Å². The Labute approximate surface area is 200 Å². The number of halogens is 1. The first-order valence-corrected chi connectivity index (χ1v) is 11.6. The van der Waals surface area contributed by atoms with Crippen molar-refractivity contribution >= 4 is 39.8 Å². The SMILES string of the molecule is O=C1S/C(=C\c2ccc(OCc3ccc4ccccc4c3)cc2)C(=O)N1Cc1ccc(F)cc1. The van der Waals surface area contributed by atoms with Crippen LogP contribution in [-0.4, -0.2) is 16.0 Å². The average molecular weight is 470 g/mol. The zero-order valence-electron chi connectivity index (χ0n) is 18.1. The number of thioether (sulfide) groups is 1. The van der Waals surface area contributed by atoms with Crippen LogP contribution in [0.15, 0.2) is 95.9 Å². The number of benzene rings is 4. The average Bonchev–Trinajstić information content (AvgIpc) is 3.12.